The zero-order chi connectivity index (χ0) is 15.6. The van der Waals surface area contributed by atoms with Crippen molar-refractivity contribution in [2.24, 2.45) is 5.92 Å². The second-order valence-corrected chi connectivity index (χ2v) is 5.97. The van der Waals surface area contributed by atoms with E-state index >= 15 is 0 Å². The summed E-state index contributed by atoms with van der Waals surface area (Å²) in [6.07, 6.45) is 1.29. The van der Waals surface area contributed by atoms with Gasteiger partial charge in [-0.05, 0) is 38.0 Å². The van der Waals surface area contributed by atoms with E-state index in [9.17, 15) is 9.59 Å². The number of nitrogens with zero attached hydrogens (tertiary/aromatic N) is 2. The first-order chi connectivity index (χ1) is 9.93. The van der Waals surface area contributed by atoms with Crippen LogP contribution in [-0.4, -0.2) is 36.3 Å². The van der Waals surface area contributed by atoms with Crippen molar-refractivity contribution in [1.82, 2.24) is 4.90 Å². The number of hydrogen-bond acceptors (Lipinski definition) is 2. The van der Waals surface area contributed by atoms with Gasteiger partial charge in [0, 0.05) is 31.7 Å². The topological polar surface area (TPSA) is 40.6 Å². The van der Waals surface area contributed by atoms with Crippen LogP contribution in [0.25, 0.3) is 0 Å². The molecule has 1 aromatic rings. The van der Waals surface area contributed by atoms with Gasteiger partial charge < -0.3 is 9.80 Å². The maximum absolute atomic E-state index is 12.4. The Hall–Kier alpha value is -1.84. The molecule has 2 rings (SSSR count). The number of aryl methyl sites for hydroxylation is 1. The molecular formula is C17H24N2O2. The summed E-state index contributed by atoms with van der Waals surface area (Å²) in [7, 11) is 1.80. The highest BCUT2D eigenvalue weighted by Gasteiger charge is 2.36. The van der Waals surface area contributed by atoms with E-state index in [-0.39, 0.29) is 23.8 Å². The first-order valence-electron chi connectivity index (χ1n) is 7.60. The highest BCUT2D eigenvalue weighted by Crippen LogP contribution is 2.26. The van der Waals surface area contributed by atoms with Crippen LogP contribution in [0.3, 0.4) is 0 Å². The molecule has 0 bridgehead atoms. The van der Waals surface area contributed by atoms with Crippen LogP contribution in [0, 0.1) is 5.92 Å². The van der Waals surface area contributed by atoms with Gasteiger partial charge >= 0.3 is 0 Å². The molecule has 0 aromatic heterocycles. The quantitative estimate of drug-likeness (QED) is 0.854. The third kappa shape index (κ3) is 3.26. The number of anilines is 1. The predicted molar refractivity (Wildman–Crippen MR) is 84.2 cm³/mol. The molecule has 1 aliphatic heterocycles. The molecule has 0 aliphatic carbocycles. The van der Waals surface area contributed by atoms with Crippen LogP contribution < -0.4 is 4.90 Å². The average Bonchev–Trinajstić information content (AvgIpc) is 2.87. The smallest absolute Gasteiger partial charge is 0.227 e. The summed E-state index contributed by atoms with van der Waals surface area (Å²) in [6.45, 7) is 6.55. The Morgan fingerprint density at radius 2 is 1.95 bits per heavy atom. The van der Waals surface area contributed by atoms with Crippen molar-refractivity contribution in [3.8, 4) is 0 Å². The van der Waals surface area contributed by atoms with Gasteiger partial charge in [0.15, 0.2) is 0 Å². The predicted octanol–water partition coefficient (Wildman–Crippen LogP) is 2.47. The minimum absolute atomic E-state index is 0.0368. The normalized spacial score (nSPS) is 18.4. The molecule has 4 nitrogen and oxygen atoms in total. The number of hydrogen-bond donors (Lipinski definition) is 0. The summed E-state index contributed by atoms with van der Waals surface area (Å²) < 4.78 is 0. The lowest BCUT2D eigenvalue weighted by atomic mass is 10.1. The summed E-state index contributed by atoms with van der Waals surface area (Å²) >= 11 is 0. The third-order valence-electron chi connectivity index (χ3n) is 4.25. The van der Waals surface area contributed by atoms with E-state index in [2.05, 4.69) is 6.92 Å². The Balaban J connectivity index is 2.10. The van der Waals surface area contributed by atoms with Gasteiger partial charge in [-0.1, -0.05) is 19.1 Å². The maximum Gasteiger partial charge on any atom is 0.227 e. The molecule has 0 radical (unpaired) electrons. The lowest BCUT2D eigenvalue weighted by Gasteiger charge is -2.24. The summed E-state index contributed by atoms with van der Waals surface area (Å²) in [4.78, 5) is 28.0. The lowest BCUT2D eigenvalue weighted by molar-refractivity contribution is -0.135. The van der Waals surface area contributed by atoms with Gasteiger partial charge in [-0.2, -0.15) is 0 Å². The van der Waals surface area contributed by atoms with E-state index in [4.69, 9.17) is 0 Å². The van der Waals surface area contributed by atoms with Gasteiger partial charge in [0.1, 0.15) is 0 Å². The van der Waals surface area contributed by atoms with Crippen LogP contribution in [0.5, 0.6) is 0 Å². The highest BCUT2D eigenvalue weighted by atomic mass is 16.2. The van der Waals surface area contributed by atoms with Gasteiger partial charge in [-0.25, -0.2) is 0 Å². The summed E-state index contributed by atoms with van der Waals surface area (Å²) in [5.74, 6) is -0.128. The second-order valence-electron chi connectivity index (χ2n) is 5.97. The van der Waals surface area contributed by atoms with E-state index in [1.807, 2.05) is 38.1 Å². The van der Waals surface area contributed by atoms with Crippen molar-refractivity contribution in [3.63, 3.8) is 0 Å². The third-order valence-corrected chi connectivity index (χ3v) is 4.25. The molecule has 0 N–H and O–H groups in total. The Labute approximate surface area is 126 Å². The van der Waals surface area contributed by atoms with Crippen molar-refractivity contribution < 1.29 is 9.59 Å². The molecule has 1 aliphatic rings. The molecule has 21 heavy (non-hydrogen) atoms. The van der Waals surface area contributed by atoms with E-state index in [0.717, 1.165) is 12.1 Å². The van der Waals surface area contributed by atoms with E-state index in [0.29, 0.717) is 13.0 Å². The largest absolute Gasteiger partial charge is 0.343 e. The fraction of sp³-hybridized carbons (Fsp3) is 0.529. The number of rotatable bonds is 4. The van der Waals surface area contributed by atoms with Crippen molar-refractivity contribution in [2.75, 3.05) is 18.5 Å². The molecule has 1 aromatic carbocycles. The second kappa shape index (κ2) is 6.29. The van der Waals surface area contributed by atoms with Gasteiger partial charge in [0.2, 0.25) is 11.8 Å². The number of carbonyl (C=O) groups excluding carboxylic acids is 2. The van der Waals surface area contributed by atoms with E-state index in [1.54, 1.807) is 16.8 Å². The minimum Gasteiger partial charge on any atom is -0.343 e. The molecule has 1 heterocycles. The van der Waals surface area contributed by atoms with Crippen LogP contribution in [0.15, 0.2) is 24.3 Å². The summed E-state index contributed by atoms with van der Waals surface area (Å²) in [5.41, 5.74) is 2.14. The van der Waals surface area contributed by atoms with Crippen LogP contribution >= 0.6 is 0 Å². The molecule has 1 fully saturated rings. The summed E-state index contributed by atoms with van der Waals surface area (Å²) in [5, 5.41) is 0. The minimum atomic E-state index is -0.226. The Morgan fingerprint density at radius 3 is 2.48 bits per heavy atom. The molecule has 0 spiro atoms. The Bertz CT molecular complexity index is 522. The van der Waals surface area contributed by atoms with Gasteiger partial charge in [-0.15, -0.1) is 0 Å². The average molecular weight is 288 g/mol. The molecule has 2 amide bonds. The van der Waals surface area contributed by atoms with Crippen molar-refractivity contribution in [3.05, 3.63) is 29.8 Å². The fourth-order valence-corrected chi connectivity index (χ4v) is 2.58. The number of benzene rings is 1. The van der Waals surface area contributed by atoms with Gasteiger partial charge in [0.05, 0.1) is 5.92 Å². The van der Waals surface area contributed by atoms with Crippen LogP contribution in [0.2, 0.25) is 0 Å². The molecule has 114 valence electrons. The van der Waals surface area contributed by atoms with Crippen LogP contribution in [-0.2, 0) is 16.0 Å². The van der Waals surface area contributed by atoms with E-state index in [1.165, 1.54) is 5.56 Å². The van der Waals surface area contributed by atoms with E-state index < -0.39 is 0 Å². The number of amides is 2. The van der Waals surface area contributed by atoms with Crippen molar-refractivity contribution in [2.45, 2.75) is 39.7 Å². The monoisotopic (exact) mass is 288 g/mol. The fourth-order valence-electron chi connectivity index (χ4n) is 2.58. The number of carbonyl (C=O) groups is 2. The van der Waals surface area contributed by atoms with Crippen molar-refractivity contribution >= 4 is 17.5 Å². The molecule has 4 heteroatoms. The van der Waals surface area contributed by atoms with Crippen LogP contribution in [0.4, 0.5) is 5.69 Å². The summed E-state index contributed by atoms with van der Waals surface area (Å²) in [6, 6.07) is 8.17. The lowest BCUT2D eigenvalue weighted by Crippen LogP contribution is -2.38. The Kier molecular flexibility index (Phi) is 4.66. The first-order valence-corrected chi connectivity index (χ1v) is 7.60. The molecule has 0 unspecified atom stereocenters. The highest BCUT2D eigenvalue weighted by molar-refractivity contribution is 6.00. The zero-order valence-corrected chi connectivity index (χ0v) is 13.3. The zero-order valence-electron chi connectivity index (χ0n) is 13.3. The Morgan fingerprint density at radius 1 is 1.33 bits per heavy atom. The molecule has 1 atom stereocenters. The molecule has 0 saturated carbocycles. The molecule has 1 saturated heterocycles. The van der Waals surface area contributed by atoms with Gasteiger partial charge in [-0.3, -0.25) is 9.59 Å². The first kappa shape index (κ1) is 15.5. The van der Waals surface area contributed by atoms with Gasteiger partial charge in [0.25, 0.3) is 0 Å². The molecular weight excluding hydrogens is 264 g/mol. The standard InChI is InChI=1S/C17H24N2O2/c1-5-13-6-8-15(9-7-13)19-11-14(10-16(19)20)17(21)18(4)12(2)3/h6-9,12,14H,5,10-11H2,1-4H3/t14-/m1/s1. The maximum atomic E-state index is 12.4. The van der Waals surface area contributed by atoms with Crippen LogP contribution in [0.1, 0.15) is 32.8 Å². The van der Waals surface area contributed by atoms with Crippen molar-refractivity contribution in [1.29, 1.82) is 0 Å². The SMILES string of the molecule is CCc1ccc(N2C[C@H](C(=O)N(C)C(C)C)CC2=O)cc1.